The van der Waals surface area contributed by atoms with Crippen molar-refractivity contribution in [3.05, 3.63) is 11.6 Å². The highest BCUT2D eigenvalue weighted by Gasteiger charge is 2.14. The Bertz CT molecular complexity index is 360. The van der Waals surface area contributed by atoms with Crippen molar-refractivity contribution in [2.45, 2.75) is 72.0 Å². The number of nitriles is 1. The third-order valence-electron chi connectivity index (χ3n) is 2.84. The molecule has 0 rings (SSSR count). The van der Waals surface area contributed by atoms with Crippen molar-refractivity contribution in [3.63, 3.8) is 0 Å². The van der Waals surface area contributed by atoms with Gasteiger partial charge in [-0.3, -0.25) is 4.89 Å². The smallest absolute Gasteiger partial charge is 0.373 e. The van der Waals surface area contributed by atoms with Gasteiger partial charge in [0.25, 0.3) is 0 Å². The molecule has 2 atom stereocenters. The number of hydrogen-bond acceptors (Lipinski definition) is 5. The fourth-order valence-electron chi connectivity index (χ4n) is 1.69. The van der Waals surface area contributed by atoms with Crippen molar-refractivity contribution in [1.82, 2.24) is 0 Å². The van der Waals surface area contributed by atoms with Gasteiger partial charge in [-0.25, -0.2) is 4.79 Å². The van der Waals surface area contributed by atoms with Crippen LogP contribution in [0.3, 0.4) is 0 Å². The Hall–Kier alpha value is -1.38. The maximum Gasteiger partial charge on any atom is 0.383 e. The summed E-state index contributed by atoms with van der Waals surface area (Å²) in [6.07, 6.45) is 6.31. The number of carbonyl (C=O) groups excluding carboxylic acids is 1. The number of nitrogens with zero attached hydrogens (tertiary/aromatic N) is 1. The summed E-state index contributed by atoms with van der Waals surface area (Å²) in [7, 11) is 0. The van der Waals surface area contributed by atoms with E-state index in [1.807, 2.05) is 20.8 Å². The summed E-state index contributed by atoms with van der Waals surface area (Å²) >= 11 is 0. The monoisotopic (exact) mass is 297 g/mol. The van der Waals surface area contributed by atoms with Crippen molar-refractivity contribution in [3.8, 4) is 6.07 Å². The predicted molar refractivity (Wildman–Crippen MR) is 80.2 cm³/mol. The van der Waals surface area contributed by atoms with E-state index in [2.05, 4.69) is 11.8 Å². The summed E-state index contributed by atoms with van der Waals surface area (Å²) in [5.74, 6) is -0.753. The minimum Gasteiger partial charge on any atom is -0.373 e. The molecule has 5 heteroatoms. The van der Waals surface area contributed by atoms with Crippen LogP contribution in [0.2, 0.25) is 0 Å². The molecule has 0 amide bonds. The van der Waals surface area contributed by atoms with Gasteiger partial charge in [0, 0.05) is 0 Å². The van der Waals surface area contributed by atoms with Crippen LogP contribution in [0, 0.1) is 11.3 Å². The molecule has 0 fully saturated rings. The molecular weight excluding hydrogens is 270 g/mol. The normalized spacial score (nSPS) is 14.3. The quantitative estimate of drug-likeness (QED) is 0.252. The van der Waals surface area contributed by atoms with Gasteiger partial charge in [0.2, 0.25) is 0 Å². The van der Waals surface area contributed by atoms with E-state index in [0.29, 0.717) is 6.42 Å². The minimum absolute atomic E-state index is 0.0262. The van der Waals surface area contributed by atoms with Crippen LogP contribution in [0.1, 0.15) is 59.8 Å². The van der Waals surface area contributed by atoms with Crippen LogP contribution in [0.5, 0.6) is 0 Å². The second-order valence-electron chi connectivity index (χ2n) is 5.07. The van der Waals surface area contributed by atoms with E-state index in [1.165, 1.54) is 0 Å². The molecule has 0 saturated heterocycles. The molecule has 0 radical (unpaired) electrons. The fourth-order valence-corrected chi connectivity index (χ4v) is 1.69. The Morgan fingerprint density at radius 2 is 1.95 bits per heavy atom. The van der Waals surface area contributed by atoms with Gasteiger partial charge in [0.05, 0.1) is 12.2 Å². The molecular formula is C16H27NO4. The summed E-state index contributed by atoms with van der Waals surface area (Å²) in [5, 5.41) is 8.83. The highest BCUT2D eigenvalue weighted by atomic mass is 17.2. The number of allylic oxidation sites excluding steroid dienone is 1. The molecule has 0 saturated carbocycles. The van der Waals surface area contributed by atoms with E-state index in [4.69, 9.17) is 14.9 Å². The van der Waals surface area contributed by atoms with Crippen molar-refractivity contribution in [2.75, 3.05) is 6.61 Å². The third-order valence-corrected chi connectivity index (χ3v) is 2.84. The zero-order chi connectivity index (χ0) is 16.1. The van der Waals surface area contributed by atoms with Gasteiger partial charge in [-0.1, -0.05) is 39.2 Å². The highest BCUT2D eigenvalue weighted by molar-refractivity contribution is 5.92. The molecule has 0 aliphatic carbocycles. The summed E-state index contributed by atoms with van der Waals surface area (Å²) in [6, 6.07) is 1.81. The summed E-state index contributed by atoms with van der Waals surface area (Å²) in [5.41, 5.74) is -0.0262. The lowest BCUT2D eigenvalue weighted by Crippen LogP contribution is -2.23. The zero-order valence-corrected chi connectivity index (χ0v) is 13.6. The molecule has 0 aliphatic rings. The van der Waals surface area contributed by atoms with Crippen LogP contribution in [-0.2, 0) is 19.3 Å². The zero-order valence-electron chi connectivity index (χ0n) is 13.6. The molecule has 0 aromatic heterocycles. The van der Waals surface area contributed by atoms with Crippen LogP contribution in [0.15, 0.2) is 11.6 Å². The Morgan fingerprint density at radius 3 is 2.52 bits per heavy atom. The average molecular weight is 297 g/mol. The molecule has 21 heavy (non-hydrogen) atoms. The molecule has 0 aliphatic heterocycles. The maximum atomic E-state index is 11.5. The van der Waals surface area contributed by atoms with Gasteiger partial charge < -0.3 is 4.74 Å². The molecule has 0 aromatic carbocycles. The molecule has 120 valence electrons. The number of ether oxygens (including phenoxy) is 1. The first-order chi connectivity index (χ1) is 10.0. The van der Waals surface area contributed by atoms with Crippen LogP contribution in [0.25, 0.3) is 0 Å². The standard InChI is InChI=1S/C16H27NO4/c1-5-7-9-13(3)20-14(4)12-19-21-16(18)15(11-17)10-8-6-2/h10,13-14H,5-9,12H2,1-4H3. The molecule has 2 unspecified atom stereocenters. The maximum absolute atomic E-state index is 11.5. The minimum atomic E-state index is -0.753. The Labute approximate surface area is 127 Å². The van der Waals surface area contributed by atoms with E-state index in [0.717, 1.165) is 25.7 Å². The van der Waals surface area contributed by atoms with Crippen molar-refractivity contribution in [2.24, 2.45) is 0 Å². The largest absolute Gasteiger partial charge is 0.383 e. The van der Waals surface area contributed by atoms with Gasteiger partial charge >= 0.3 is 5.97 Å². The predicted octanol–water partition coefficient (Wildman–Crippen LogP) is 3.70. The van der Waals surface area contributed by atoms with Crippen LogP contribution in [0.4, 0.5) is 0 Å². The van der Waals surface area contributed by atoms with E-state index < -0.39 is 5.97 Å². The van der Waals surface area contributed by atoms with Gasteiger partial charge in [-0.05, 0) is 26.7 Å². The van der Waals surface area contributed by atoms with Crippen LogP contribution < -0.4 is 0 Å². The number of rotatable bonds is 11. The van der Waals surface area contributed by atoms with E-state index in [1.54, 1.807) is 12.1 Å². The van der Waals surface area contributed by atoms with Crippen molar-refractivity contribution in [1.29, 1.82) is 5.26 Å². The van der Waals surface area contributed by atoms with Crippen molar-refractivity contribution < 1.29 is 19.3 Å². The Balaban J connectivity index is 3.96. The van der Waals surface area contributed by atoms with Gasteiger partial charge in [0.15, 0.2) is 0 Å². The van der Waals surface area contributed by atoms with E-state index in [-0.39, 0.29) is 24.4 Å². The van der Waals surface area contributed by atoms with E-state index >= 15 is 0 Å². The number of carbonyl (C=O) groups is 1. The SMILES string of the molecule is CCCC=C(C#N)C(=O)OOCC(C)OC(C)CCCC. The average Bonchev–Trinajstić information content (AvgIpc) is 2.45. The molecule has 0 N–H and O–H groups in total. The third kappa shape index (κ3) is 10.1. The molecule has 0 aromatic rings. The van der Waals surface area contributed by atoms with Crippen LogP contribution >= 0.6 is 0 Å². The first-order valence-corrected chi connectivity index (χ1v) is 7.64. The lowest BCUT2D eigenvalue weighted by atomic mass is 10.2. The lowest BCUT2D eigenvalue weighted by molar-refractivity contribution is -0.280. The van der Waals surface area contributed by atoms with Gasteiger partial charge in [-0.2, -0.15) is 10.1 Å². The summed E-state index contributed by atoms with van der Waals surface area (Å²) in [6.45, 7) is 8.12. The Morgan fingerprint density at radius 1 is 1.24 bits per heavy atom. The number of hydrogen-bond donors (Lipinski definition) is 0. The first-order valence-electron chi connectivity index (χ1n) is 7.64. The summed E-state index contributed by atoms with van der Waals surface area (Å²) < 4.78 is 5.69. The highest BCUT2D eigenvalue weighted by Crippen LogP contribution is 2.08. The lowest BCUT2D eigenvalue weighted by Gasteiger charge is -2.18. The topological polar surface area (TPSA) is 68.6 Å². The second-order valence-corrected chi connectivity index (χ2v) is 5.07. The fraction of sp³-hybridized carbons (Fsp3) is 0.750. The Kier molecular flexibility index (Phi) is 11.6. The molecule has 0 heterocycles. The van der Waals surface area contributed by atoms with Gasteiger partial charge in [-0.15, -0.1) is 0 Å². The number of unbranched alkanes of at least 4 members (excludes halogenated alkanes) is 2. The summed E-state index contributed by atoms with van der Waals surface area (Å²) in [4.78, 5) is 21.0. The van der Waals surface area contributed by atoms with E-state index in [9.17, 15) is 4.79 Å². The van der Waals surface area contributed by atoms with Gasteiger partial charge in [0.1, 0.15) is 18.2 Å². The molecule has 0 bridgehead atoms. The molecule has 0 spiro atoms. The molecule has 5 nitrogen and oxygen atoms in total. The van der Waals surface area contributed by atoms with Crippen LogP contribution in [-0.4, -0.2) is 24.8 Å². The first kappa shape index (κ1) is 19.6. The van der Waals surface area contributed by atoms with Crippen molar-refractivity contribution >= 4 is 5.97 Å². The second kappa shape index (κ2) is 12.4.